The van der Waals surface area contributed by atoms with Crippen molar-refractivity contribution in [3.05, 3.63) is 96.6 Å². The minimum Gasteiger partial charge on any atom is -0.308 e. The first kappa shape index (κ1) is 15.4. The molecule has 0 N–H and O–H groups in total. The van der Waals surface area contributed by atoms with Crippen LogP contribution in [0.1, 0.15) is 5.56 Å². The summed E-state index contributed by atoms with van der Waals surface area (Å²) in [6.45, 7) is 2.15. The average Bonchev–Trinajstić information content (AvgIpc) is 2.74. The molecular weight excluding hydrogens is 340 g/mol. The van der Waals surface area contributed by atoms with Gasteiger partial charge in [-0.05, 0) is 48.2 Å². The van der Waals surface area contributed by atoms with Crippen molar-refractivity contribution in [3.8, 4) is 11.3 Å². The number of benzene rings is 4. The van der Waals surface area contributed by atoms with Crippen LogP contribution in [0.3, 0.4) is 0 Å². The summed E-state index contributed by atoms with van der Waals surface area (Å²) < 4.78 is 0. The van der Waals surface area contributed by atoms with Gasteiger partial charge in [-0.25, -0.2) is 4.98 Å². The first-order valence-corrected chi connectivity index (χ1v) is 9.59. The van der Waals surface area contributed by atoms with E-state index in [2.05, 4.69) is 103 Å². The van der Waals surface area contributed by atoms with Crippen LogP contribution in [-0.2, 0) is 0 Å². The summed E-state index contributed by atoms with van der Waals surface area (Å²) in [5.74, 6) is 0. The molecule has 132 valence electrons. The van der Waals surface area contributed by atoms with E-state index in [9.17, 15) is 0 Å². The number of hydrogen-bond acceptors (Lipinski definition) is 2. The van der Waals surface area contributed by atoms with Crippen molar-refractivity contribution in [2.45, 2.75) is 6.92 Å². The Hall–Kier alpha value is -3.65. The number of para-hydroxylation sites is 1. The maximum Gasteiger partial charge on any atom is 0.0957 e. The van der Waals surface area contributed by atoms with Gasteiger partial charge in [0.1, 0.15) is 0 Å². The Kier molecular flexibility index (Phi) is 3.12. The lowest BCUT2D eigenvalue weighted by atomic mass is 9.93. The van der Waals surface area contributed by atoms with Crippen molar-refractivity contribution in [3.63, 3.8) is 0 Å². The van der Waals surface area contributed by atoms with E-state index in [0.29, 0.717) is 0 Å². The molecule has 2 heterocycles. The number of nitrogens with zero attached hydrogens (tertiary/aromatic N) is 2. The Balaban J connectivity index is 1.81. The maximum absolute atomic E-state index is 5.13. The zero-order valence-corrected chi connectivity index (χ0v) is 15.6. The first-order chi connectivity index (χ1) is 13.8. The highest BCUT2D eigenvalue weighted by Crippen LogP contribution is 2.50. The van der Waals surface area contributed by atoms with Gasteiger partial charge in [-0.15, -0.1) is 0 Å². The van der Waals surface area contributed by atoms with E-state index < -0.39 is 0 Å². The van der Waals surface area contributed by atoms with E-state index >= 15 is 0 Å². The zero-order chi connectivity index (χ0) is 18.7. The van der Waals surface area contributed by atoms with Crippen LogP contribution in [0.2, 0.25) is 0 Å². The topological polar surface area (TPSA) is 16.1 Å². The minimum absolute atomic E-state index is 1.04. The van der Waals surface area contributed by atoms with Crippen LogP contribution < -0.4 is 4.90 Å². The fraction of sp³-hybridized carbons (Fsp3) is 0.0385. The van der Waals surface area contributed by atoms with E-state index in [1.165, 1.54) is 33.0 Å². The summed E-state index contributed by atoms with van der Waals surface area (Å²) >= 11 is 0. The molecular formula is C26H18N2. The molecule has 0 atom stereocenters. The van der Waals surface area contributed by atoms with Gasteiger partial charge in [0.15, 0.2) is 0 Å². The molecule has 0 fully saturated rings. The highest BCUT2D eigenvalue weighted by Gasteiger charge is 2.27. The number of pyridine rings is 1. The molecule has 1 aromatic heterocycles. The number of aryl methyl sites for hydroxylation is 1. The third kappa shape index (κ3) is 2.06. The second kappa shape index (κ2) is 5.67. The Morgan fingerprint density at radius 1 is 0.714 bits per heavy atom. The normalized spacial score (nSPS) is 12.4. The quantitative estimate of drug-likeness (QED) is 0.310. The monoisotopic (exact) mass is 358 g/mol. The number of aromatic nitrogens is 1. The van der Waals surface area contributed by atoms with Crippen LogP contribution >= 0.6 is 0 Å². The van der Waals surface area contributed by atoms with Crippen molar-refractivity contribution in [1.29, 1.82) is 0 Å². The van der Waals surface area contributed by atoms with Crippen LogP contribution in [0.5, 0.6) is 0 Å². The Labute approximate surface area is 163 Å². The van der Waals surface area contributed by atoms with Crippen molar-refractivity contribution < 1.29 is 0 Å². The van der Waals surface area contributed by atoms with Crippen LogP contribution in [0, 0.1) is 6.92 Å². The standard InChI is InChI=1S/C26H18N2/c1-17-8-5-14-22-21(17)16-24-26(27-22)20-13-6-9-18-10-7-15-23(25(18)20)28(24)19-11-3-2-4-12-19/h2-16H,1H3. The second-order valence-corrected chi connectivity index (χ2v) is 7.35. The molecule has 2 heteroatoms. The van der Waals surface area contributed by atoms with Crippen molar-refractivity contribution in [1.82, 2.24) is 4.98 Å². The number of rotatable bonds is 1. The summed E-state index contributed by atoms with van der Waals surface area (Å²) in [5.41, 5.74) is 8.05. The molecule has 0 bridgehead atoms. The summed E-state index contributed by atoms with van der Waals surface area (Å²) in [5, 5.41) is 3.71. The largest absolute Gasteiger partial charge is 0.308 e. The van der Waals surface area contributed by atoms with Gasteiger partial charge < -0.3 is 4.90 Å². The molecule has 0 spiro atoms. The van der Waals surface area contributed by atoms with Gasteiger partial charge in [0.2, 0.25) is 0 Å². The Bertz CT molecular complexity index is 1360. The van der Waals surface area contributed by atoms with Gasteiger partial charge in [0.25, 0.3) is 0 Å². The molecule has 5 aromatic rings. The Morgan fingerprint density at radius 3 is 2.36 bits per heavy atom. The molecule has 4 aromatic carbocycles. The minimum atomic E-state index is 1.04. The fourth-order valence-corrected chi connectivity index (χ4v) is 4.39. The lowest BCUT2D eigenvalue weighted by Crippen LogP contribution is -2.16. The van der Waals surface area contributed by atoms with Gasteiger partial charge >= 0.3 is 0 Å². The van der Waals surface area contributed by atoms with Crippen molar-refractivity contribution >= 4 is 38.7 Å². The van der Waals surface area contributed by atoms with Gasteiger partial charge in [0.05, 0.1) is 22.6 Å². The molecule has 28 heavy (non-hydrogen) atoms. The third-order valence-electron chi connectivity index (χ3n) is 5.69. The molecule has 0 amide bonds. The predicted molar refractivity (Wildman–Crippen MR) is 118 cm³/mol. The second-order valence-electron chi connectivity index (χ2n) is 7.35. The van der Waals surface area contributed by atoms with Crippen LogP contribution in [0.4, 0.5) is 17.1 Å². The highest BCUT2D eigenvalue weighted by molar-refractivity contribution is 6.14. The lowest BCUT2D eigenvalue weighted by molar-refractivity contribution is 1.25. The molecule has 0 saturated carbocycles. The lowest BCUT2D eigenvalue weighted by Gasteiger charge is -2.33. The number of hydrogen-bond donors (Lipinski definition) is 0. The summed E-state index contributed by atoms with van der Waals surface area (Å²) in [7, 11) is 0. The van der Waals surface area contributed by atoms with Gasteiger partial charge in [-0.2, -0.15) is 0 Å². The van der Waals surface area contributed by atoms with E-state index in [1.54, 1.807) is 0 Å². The Morgan fingerprint density at radius 2 is 1.50 bits per heavy atom. The summed E-state index contributed by atoms with van der Waals surface area (Å²) in [4.78, 5) is 7.49. The summed E-state index contributed by atoms with van der Waals surface area (Å²) in [6.07, 6.45) is 0. The zero-order valence-electron chi connectivity index (χ0n) is 15.6. The van der Waals surface area contributed by atoms with E-state index in [0.717, 1.165) is 22.6 Å². The van der Waals surface area contributed by atoms with E-state index in [1.807, 2.05) is 0 Å². The SMILES string of the molecule is Cc1cccc2nc3c(cc12)N(c1ccccc1)c1cccc2cccc-3c12. The average molecular weight is 358 g/mol. The number of fused-ring (bicyclic) bond motifs is 3. The highest BCUT2D eigenvalue weighted by atomic mass is 15.2. The van der Waals surface area contributed by atoms with Gasteiger partial charge in [-0.3, -0.25) is 0 Å². The number of anilines is 3. The predicted octanol–water partition coefficient (Wildman–Crippen LogP) is 7.15. The molecule has 0 unspecified atom stereocenters. The van der Waals surface area contributed by atoms with Crippen LogP contribution in [-0.4, -0.2) is 4.98 Å². The molecule has 6 rings (SSSR count). The van der Waals surface area contributed by atoms with Crippen molar-refractivity contribution in [2.24, 2.45) is 0 Å². The molecule has 0 aliphatic carbocycles. The molecule has 0 saturated heterocycles. The smallest absolute Gasteiger partial charge is 0.0957 e. The summed E-state index contributed by atoms with van der Waals surface area (Å²) in [6, 6.07) is 32.3. The third-order valence-corrected chi connectivity index (χ3v) is 5.69. The van der Waals surface area contributed by atoms with E-state index in [-0.39, 0.29) is 0 Å². The first-order valence-electron chi connectivity index (χ1n) is 9.59. The van der Waals surface area contributed by atoms with Crippen LogP contribution in [0.15, 0.2) is 91.0 Å². The van der Waals surface area contributed by atoms with E-state index in [4.69, 9.17) is 4.98 Å². The van der Waals surface area contributed by atoms with Crippen molar-refractivity contribution in [2.75, 3.05) is 4.90 Å². The van der Waals surface area contributed by atoms with Gasteiger partial charge in [0, 0.05) is 22.0 Å². The molecule has 1 aliphatic heterocycles. The molecule has 1 aliphatic rings. The fourth-order valence-electron chi connectivity index (χ4n) is 4.39. The van der Waals surface area contributed by atoms with Gasteiger partial charge in [-0.1, -0.05) is 60.7 Å². The maximum atomic E-state index is 5.13. The molecule has 2 nitrogen and oxygen atoms in total. The molecule has 0 radical (unpaired) electrons. The van der Waals surface area contributed by atoms with Crippen LogP contribution in [0.25, 0.3) is 32.9 Å².